The van der Waals surface area contributed by atoms with E-state index in [1.54, 1.807) is 4.68 Å². The van der Waals surface area contributed by atoms with Crippen molar-refractivity contribution < 1.29 is 116 Å². The molecule has 348 valence electrons. The molecular weight excluding hydrogens is 947 g/mol. The predicted octanol–water partition coefficient (Wildman–Crippen LogP) is 1.34. The third-order valence-electron chi connectivity index (χ3n) is 7.49. The Balaban J connectivity index is 1.59. The molecule has 2 rings (SSSR count). The van der Waals surface area contributed by atoms with Crippen molar-refractivity contribution in [1.82, 2.24) is 15.0 Å². The summed E-state index contributed by atoms with van der Waals surface area (Å²) in [5.74, 6) is 0. The van der Waals surface area contributed by atoms with Crippen LogP contribution in [0, 0.1) is 0 Å². The lowest BCUT2D eigenvalue weighted by molar-refractivity contribution is -0.256. The minimum atomic E-state index is -6.82. The van der Waals surface area contributed by atoms with Crippen molar-refractivity contribution >= 4 is 54.8 Å². The molecule has 1 aliphatic heterocycles. The maximum Gasteiger partial charge on any atom is 0.471 e. The highest BCUT2D eigenvalue weighted by atomic mass is 31.3. The average molecular weight is 993 g/mol. The van der Waals surface area contributed by atoms with E-state index in [2.05, 4.69) is 45.4 Å². The smallest absolute Gasteiger partial charge is 0.471 e. The van der Waals surface area contributed by atoms with Gasteiger partial charge in [0, 0.05) is 26.3 Å². The molecule has 0 aliphatic carbocycles. The predicted molar refractivity (Wildman–Crippen MR) is 185 cm³/mol. The Morgan fingerprint density at radius 3 is 1.61 bits per heavy atom. The second kappa shape index (κ2) is 24.9. The second-order valence-corrected chi connectivity index (χ2v) is 23.3. The highest BCUT2D eigenvalue weighted by Crippen LogP contribution is 2.70. The quantitative estimate of drug-likeness (QED) is 0.0741. The van der Waals surface area contributed by atoms with Crippen LogP contribution in [0.15, 0.2) is 6.20 Å². The minimum absolute atomic E-state index is 0.0651. The highest BCUT2D eigenvalue weighted by molar-refractivity contribution is 7.71. The van der Waals surface area contributed by atoms with Crippen LogP contribution >= 0.6 is 54.8 Å². The van der Waals surface area contributed by atoms with Crippen LogP contribution in [0.3, 0.4) is 0 Å². The molecule has 0 radical (unpaired) electrons. The Morgan fingerprint density at radius 2 is 1.12 bits per heavy atom. The zero-order valence-electron chi connectivity index (χ0n) is 31.6. The maximum atomic E-state index is 11.9. The van der Waals surface area contributed by atoms with E-state index in [4.69, 9.17) is 9.26 Å². The van der Waals surface area contributed by atoms with Gasteiger partial charge in [0.2, 0.25) is 0 Å². The number of phosphoric acid groups is 7. The first-order valence-electron chi connectivity index (χ1n) is 17.6. The van der Waals surface area contributed by atoms with Crippen molar-refractivity contribution in [2.75, 3.05) is 26.9 Å². The van der Waals surface area contributed by atoms with E-state index in [1.165, 1.54) is 6.92 Å². The summed E-state index contributed by atoms with van der Waals surface area (Å²) in [6, 6.07) is 0. The lowest BCUT2D eigenvalue weighted by Crippen LogP contribution is -2.27. The molecular formula is C24H46N3O25P7-6. The summed E-state index contributed by atoms with van der Waals surface area (Å²) in [6.07, 6.45) is 7.32. The number of aliphatic hydroxyl groups is 1. The normalized spacial score (nSPS) is 24.5. The third-order valence-corrected chi connectivity index (χ3v) is 17.4. The zero-order valence-corrected chi connectivity index (χ0v) is 37.8. The van der Waals surface area contributed by atoms with Crippen molar-refractivity contribution in [1.29, 1.82) is 0 Å². The number of aliphatic hydroxyl groups excluding tert-OH is 1. The van der Waals surface area contributed by atoms with E-state index in [0.29, 0.717) is 38.6 Å². The van der Waals surface area contributed by atoms with E-state index in [-0.39, 0.29) is 19.4 Å². The number of unbranched alkanes of at least 4 members (excludes halogenated alkanes) is 9. The first kappa shape index (κ1) is 55.2. The molecule has 59 heavy (non-hydrogen) atoms. The monoisotopic (exact) mass is 993 g/mol. The van der Waals surface area contributed by atoms with Gasteiger partial charge in [0.05, 0.1) is 37.7 Å². The van der Waals surface area contributed by atoms with Gasteiger partial charge in [-0.3, -0.25) is 41.1 Å². The van der Waals surface area contributed by atoms with Crippen LogP contribution in [0.2, 0.25) is 0 Å². The summed E-state index contributed by atoms with van der Waals surface area (Å²) < 4.78 is 123. The van der Waals surface area contributed by atoms with E-state index < -0.39 is 86.3 Å². The molecule has 28 nitrogen and oxygen atoms in total. The molecule has 1 aromatic rings. The topological polar surface area (TPSA) is 421 Å². The molecule has 1 fully saturated rings. The van der Waals surface area contributed by atoms with E-state index in [9.17, 15) is 71.3 Å². The number of hydrogen-bond acceptors (Lipinski definition) is 26. The largest absolute Gasteiger partial charge is 0.756 e. The molecule has 10 atom stereocenters. The lowest BCUT2D eigenvalue weighted by atomic mass is 10.1. The molecule has 0 saturated carbocycles. The Hall–Kier alpha value is 0.0300. The van der Waals surface area contributed by atoms with Crippen LogP contribution in [0.5, 0.6) is 0 Å². The first-order chi connectivity index (χ1) is 27.1. The van der Waals surface area contributed by atoms with Crippen LogP contribution in [-0.2, 0) is 89.3 Å². The number of rotatable bonds is 33. The summed E-state index contributed by atoms with van der Waals surface area (Å²) >= 11 is 0. The Morgan fingerprint density at radius 1 is 0.678 bits per heavy atom. The molecule has 0 spiro atoms. The first-order valence-corrected chi connectivity index (χ1v) is 27.9. The molecule has 0 bridgehead atoms. The number of hydrogen-bond donors (Lipinski definition) is 2. The van der Waals surface area contributed by atoms with Crippen molar-refractivity contribution in [2.24, 2.45) is 0 Å². The van der Waals surface area contributed by atoms with Crippen molar-refractivity contribution in [3.05, 3.63) is 11.9 Å². The average Bonchev–Trinajstić information content (AvgIpc) is 3.65. The molecule has 1 saturated heterocycles. The highest BCUT2D eigenvalue weighted by Gasteiger charge is 2.35. The fourth-order valence-corrected chi connectivity index (χ4v) is 12.9. The molecule has 1 aromatic heterocycles. The molecule has 0 amide bonds. The number of aromatic nitrogens is 3. The molecule has 1 aliphatic rings. The summed E-state index contributed by atoms with van der Waals surface area (Å²) in [4.78, 5) is 80.2. The fraction of sp³-hybridized carbons (Fsp3) is 0.917. The van der Waals surface area contributed by atoms with Crippen molar-refractivity contribution in [3.8, 4) is 0 Å². The molecule has 2 N–H and O–H groups in total. The Labute approximate surface area is 339 Å². The molecule has 0 aromatic carbocycles. The Bertz CT molecular complexity index is 1780. The number of ether oxygens (including phenoxy) is 1. The van der Waals surface area contributed by atoms with E-state index >= 15 is 0 Å². The van der Waals surface area contributed by atoms with Gasteiger partial charge in [-0.1, -0.05) is 50.2 Å². The summed E-state index contributed by atoms with van der Waals surface area (Å²) in [6.45, 7) is 0.674. The molecule has 35 heteroatoms. The number of phosphoric ester groups is 3. The van der Waals surface area contributed by atoms with Gasteiger partial charge in [0.15, 0.2) is 0 Å². The van der Waals surface area contributed by atoms with Gasteiger partial charge in [-0.2, -0.15) is 0 Å². The number of nitrogens with zero attached hydrogens (tertiary/aromatic N) is 3. The van der Waals surface area contributed by atoms with Gasteiger partial charge < -0.3 is 53.1 Å². The van der Waals surface area contributed by atoms with Crippen molar-refractivity contribution in [3.63, 3.8) is 0 Å². The van der Waals surface area contributed by atoms with Gasteiger partial charge in [-0.05, 0) is 39.0 Å². The molecule has 2 heterocycles. The van der Waals surface area contributed by atoms with Gasteiger partial charge in [0.25, 0.3) is 46.9 Å². The minimum Gasteiger partial charge on any atom is -0.756 e. The van der Waals surface area contributed by atoms with Crippen LogP contribution in [0.4, 0.5) is 0 Å². The van der Waals surface area contributed by atoms with Gasteiger partial charge in [-0.15, -0.1) is 5.10 Å². The zero-order chi connectivity index (χ0) is 44.6. The van der Waals surface area contributed by atoms with Crippen molar-refractivity contribution in [2.45, 2.75) is 115 Å². The second-order valence-electron chi connectivity index (χ2n) is 12.6. The number of aryl methyl sites for hydroxylation is 2. The third kappa shape index (κ3) is 25.2. The summed E-state index contributed by atoms with van der Waals surface area (Å²) in [5, 5.41) is 17.9. The van der Waals surface area contributed by atoms with Crippen LogP contribution in [-0.4, -0.2) is 70.2 Å². The maximum absolute atomic E-state index is 11.9. The van der Waals surface area contributed by atoms with Crippen LogP contribution < -0.4 is 29.4 Å². The summed E-state index contributed by atoms with van der Waals surface area (Å²) in [7, 11) is -41.5. The van der Waals surface area contributed by atoms with E-state index in [1.807, 2.05) is 6.20 Å². The SMILES string of the molecule is COP(=O)(O)OCCCCc1cn(CCCCCCCCCCCOP(=O)([O-])OP(=O)([O-])OP(=O)([O-])OP(=O)([O-])OP(=O)([O-])OP(=O)([O-])OC[C@H]2O[C@@H](C)C[C@H]2O)nn1. The Kier molecular flexibility index (Phi) is 23.3. The van der Waals surface area contributed by atoms with Gasteiger partial charge in [0.1, 0.15) is 6.10 Å². The van der Waals surface area contributed by atoms with Gasteiger partial charge >= 0.3 is 7.82 Å². The standard InChI is InChI=1S/C24H52N3O25P7/c1-21-18-23(28)24(47-21)20-46-55(33,34)49-57(37,38)51-59(41,42)52-58(39,40)50-56(35,36)48-54(31,32)45-16-12-9-7-5-3-4-6-8-11-15-27-19-22(25-26-27)14-10-13-17-44-53(29,30)43-2/h19,21,23-24,28H,3-18,20H2,1-2H3,(H,29,30)(H,31,32)(H,33,34)(H,35,36)(H,37,38)(H,39,40)(H,41,42)/p-6/t21-,23+,24+/m0/s1. The van der Waals surface area contributed by atoms with Gasteiger partial charge in [-0.25, -0.2) is 26.1 Å². The molecule has 7 unspecified atom stereocenters. The lowest BCUT2D eigenvalue weighted by Gasteiger charge is -2.38. The van der Waals surface area contributed by atoms with E-state index in [0.717, 1.165) is 51.3 Å². The van der Waals surface area contributed by atoms with Crippen LogP contribution in [0.25, 0.3) is 0 Å². The van der Waals surface area contributed by atoms with Crippen LogP contribution in [0.1, 0.15) is 89.7 Å². The fourth-order valence-electron chi connectivity index (χ4n) is 4.96. The summed E-state index contributed by atoms with van der Waals surface area (Å²) in [5.41, 5.74) is 0.793.